The van der Waals surface area contributed by atoms with Gasteiger partial charge in [0.2, 0.25) is 5.91 Å². The van der Waals surface area contributed by atoms with Crippen molar-refractivity contribution in [1.82, 2.24) is 10.2 Å². The highest BCUT2D eigenvalue weighted by molar-refractivity contribution is 5.92. The van der Waals surface area contributed by atoms with Crippen LogP contribution in [0.1, 0.15) is 41.6 Å². The molecule has 1 fully saturated rings. The van der Waals surface area contributed by atoms with Gasteiger partial charge < -0.3 is 30.2 Å². The zero-order valence-electron chi connectivity index (χ0n) is 20.0. The summed E-state index contributed by atoms with van der Waals surface area (Å²) >= 11 is 0. The third kappa shape index (κ3) is 5.83. The normalized spacial score (nSPS) is 16.9. The predicted molar refractivity (Wildman–Crippen MR) is 133 cm³/mol. The molecule has 3 aromatic rings. The van der Waals surface area contributed by atoms with Gasteiger partial charge in [0.05, 0.1) is 25.7 Å². The van der Waals surface area contributed by atoms with Crippen molar-refractivity contribution in [3.8, 4) is 5.75 Å². The summed E-state index contributed by atoms with van der Waals surface area (Å²) in [6.07, 6.45) is 1.30. The second-order valence-electron chi connectivity index (χ2n) is 8.62. The molecule has 186 valence electrons. The number of carboxylic acids is 1. The average Bonchev–Trinajstić information content (AvgIpc) is 3.33. The summed E-state index contributed by atoms with van der Waals surface area (Å²) in [5.74, 6) is -0.695. The van der Waals surface area contributed by atoms with Crippen LogP contribution in [0.25, 0.3) is 0 Å². The van der Waals surface area contributed by atoms with Gasteiger partial charge in [0.15, 0.2) is 0 Å². The lowest BCUT2D eigenvalue weighted by Gasteiger charge is -2.32. The maximum atomic E-state index is 13.5. The Labute approximate surface area is 209 Å². The quantitative estimate of drug-likeness (QED) is 0.508. The van der Waals surface area contributed by atoms with Crippen LogP contribution in [-0.4, -0.2) is 36.5 Å². The number of urea groups is 1. The molecule has 2 unspecified atom stereocenters. The van der Waals surface area contributed by atoms with Crippen molar-refractivity contribution >= 4 is 23.6 Å². The lowest BCUT2D eigenvalue weighted by Crippen LogP contribution is -2.42. The second-order valence-corrected chi connectivity index (χ2v) is 8.62. The maximum Gasteiger partial charge on any atom is 0.319 e. The van der Waals surface area contributed by atoms with Gasteiger partial charge in [-0.3, -0.25) is 4.79 Å². The van der Waals surface area contributed by atoms with Crippen molar-refractivity contribution in [1.29, 1.82) is 0 Å². The van der Waals surface area contributed by atoms with Gasteiger partial charge in [0, 0.05) is 23.6 Å². The van der Waals surface area contributed by atoms with Gasteiger partial charge in [-0.25, -0.2) is 4.79 Å². The van der Waals surface area contributed by atoms with Crippen molar-refractivity contribution in [3.63, 3.8) is 0 Å². The minimum Gasteiger partial charge on any atom is -0.550 e. The van der Waals surface area contributed by atoms with Crippen molar-refractivity contribution in [2.75, 3.05) is 19.0 Å². The first-order chi connectivity index (χ1) is 17.5. The van der Waals surface area contributed by atoms with Gasteiger partial charge in [0.1, 0.15) is 5.75 Å². The van der Waals surface area contributed by atoms with Crippen molar-refractivity contribution in [3.05, 3.63) is 95.6 Å². The van der Waals surface area contributed by atoms with E-state index in [4.69, 9.17) is 4.74 Å². The molecule has 1 heterocycles. The standard InChI is InChI=1S/C28H29N3O5/c1-36-25-13-6-5-12-22(25)24-15-14-23(20-9-3-2-4-10-20)31(24)26(32)18-29-28(35)30-21-11-7-8-19(16-21)17-27(33)34/h2-13,16,23-24H,14-15,17-18H2,1H3,(H,33,34)(H2,29,30,35)/p-1. The first-order valence-corrected chi connectivity index (χ1v) is 11.8. The predicted octanol–water partition coefficient (Wildman–Crippen LogP) is 3.21. The van der Waals surface area contributed by atoms with Gasteiger partial charge >= 0.3 is 6.03 Å². The Bertz CT molecular complexity index is 1230. The number of likely N-dealkylation sites (tertiary alicyclic amines) is 1. The number of hydrogen-bond acceptors (Lipinski definition) is 5. The zero-order valence-corrected chi connectivity index (χ0v) is 20.0. The number of anilines is 1. The zero-order chi connectivity index (χ0) is 25.5. The van der Waals surface area contributed by atoms with Crippen LogP contribution in [0.2, 0.25) is 0 Å². The fourth-order valence-electron chi connectivity index (χ4n) is 4.76. The van der Waals surface area contributed by atoms with E-state index < -0.39 is 12.0 Å². The molecule has 0 aliphatic carbocycles. The van der Waals surface area contributed by atoms with E-state index in [9.17, 15) is 19.5 Å². The first-order valence-electron chi connectivity index (χ1n) is 11.8. The number of methoxy groups -OCH3 is 1. The summed E-state index contributed by atoms with van der Waals surface area (Å²) < 4.78 is 5.57. The maximum absolute atomic E-state index is 13.5. The molecule has 0 saturated carbocycles. The molecule has 8 heteroatoms. The molecule has 0 aromatic heterocycles. The van der Waals surface area contributed by atoms with Crippen molar-refractivity contribution in [2.24, 2.45) is 0 Å². The summed E-state index contributed by atoms with van der Waals surface area (Å²) in [6, 6.07) is 23.1. The summed E-state index contributed by atoms with van der Waals surface area (Å²) in [5, 5.41) is 16.1. The van der Waals surface area contributed by atoms with E-state index in [1.807, 2.05) is 59.5 Å². The van der Waals surface area contributed by atoms with E-state index in [2.05, 4.69) is 10.6 Å². The fourth-order valence-corrected chi connectivity index (χ4v) is 4.76. The molecule has 2 N–H and O–H groups in total. The number of nitrogens with zero attached hydrogens (tertiary/aromatic N) is 1. The van der Waals surface area contributed by atoms with Crippen LogP contribution in [0.4, 0.5) is 10.5 Å². The monoisotopic (exact) mass is 486 g/mol. The van der Waals surface area contributed by atoms with Gasteiger partial charge in [-0.05, 0) is 42.2 Å². The van der Waals surface area contributed by atoms with E-state index in [1.165, 1.54) is 0 Å². The molecule has 1 aliphatic rings. The summed E-state index contributed by atoms with van der Waals surface area (Å²) in [7, 11) is 1.61. The van der Waals surface area contributed by atoms with E-state index in [0.29, 0.717) is 11.3 Å². The minimum atomic E-state index is -1.20. The molecule has 0 radical (unpaired) electrons. The number of hydrogen-bond donors (Lipinski definition) is 2. The third-order valence-electron chi connectivity index (χ3n) is 6.29. The smallest absolute Gasteiger partial charge is 0.319 e. The van der Waals surface area contributed by atoms with Gasteiger partial charge in [-0.1, -0.05) is 60.7 Å². The number of nitrogens with one attached hydrogen (secondary N) is 2. The van der Waals surface area contributed by atoms with E-state index in [0.717, 1.165) is 29.7 Å². The topological polar surface area (TPSA) is 111 Å². The number of amides is 3. The van der Waals surface area contributed by atoms with Crippen LogP contribution in [0, 0.1) is 0 Å². The molecule has 2 atom stereocenters. The number of para-hydroxylation sites is 1. The van der Waals surface area contributed by atoms with E-state index >= 15 is 0 Å². The van der Waals surface area contributed by atoms with Crippen LogP contribution >= 0.6 is 0 Å². The SMILES string of the molecule is COc1ccccc1C1CCC(c2ccccc2)N1C(=O)CNC(=O)Nc1cccc(CC(=O)[O-])c1. The number of carboxylic acid groups (broad SMARTS) is 1. The van der Waals surface area contributed by atoms with Crippen molar-refractivity contribution in [2.45, 2.75) is 31.3 Å². The molecule has 0 bridgehead atoms. The molecular formula is C28H28N3O5-. The highest BCUT2D eigenvalue weighted by Crippen LogP contribution is 2.46. The fraction of sp³-hybridized carbons (Fsp3) is 0.250. The van der Waals surface area contributed by atoms with Crippen LogP contribution < -0.4 is 20.5 Å². The lowest BCUT2D eigenvalue weighted by atomic mass is 10.0. The molecule has 1 aliphatic heterocycles. The Morgan fingerprint density at radius 1 is 0.944 bits per heavy atom. The van der Waals surface area contributed by atoms with Crippen molar-refractivity contribution < 1.29 is 24.2 Å². The Hall–Kier alpha value is -4.33. The molecular weight excluding hydrogens is 458 g/mol. The van der Waals surface area contributed by atoms with Crippen LogP contribution in [0.5, 0.6) is 5.75 Å². The molecule has 4 rings (SSSR count). The number of aliphatic carboxylic acids is 1. The van der Waals surface area contributed by atoms with Gasteiger partial charge in [-0.2, -0.15) is 0 Å². The highest BCUT2D eigenvalue weighted by Gasteiger charge is 2.39. The number of ether oxygens (including phenoxy) is 1. The highest BCUT2D eigenvalue weighted by atomic mass is 16.5. The lowest BCUT2D eigenvalue weighted by molar-refractivity contribution is -0.304. The van der Waals surface area contributed by atoms with Crippen LogP contribution in [0.15, 0.2) is 78.9 Å². The summed E-state index contributed by atoms with van der Waals surface area (Å²) in [4.78, 5) is 38.7. The Morgan fingerprint density at radius 2 is 1.67 bits per heavy atom. The summed E-state index contributed by atoms with van der Waals surface area (Å²) in [6.45, 7) is -0.195. The molecule has 0 spiro atoms. The molecule has 36 heavy (non-hydrogen) atoms. The minimum absolute atomic E-state index is 0.125. The number of carbonyl (C=O) groups is 3. The molecule has 1 saturated heterocycles. The molecule has 3 amide bonds. The van der Waals surface area contributed by atoms with Crippen LogP contribution in [0.3, 0.4) is 0 Å². The average molecular weight is 487 g/mol. The number of rotatable bonds is 8. The van der Waals surface area contributed by atoms with Crippen LogP contribution in [-0.2, 0) is 16.0 Å². The van der Waals surface area contributed by atoms with E-state index in [-0.39, 0.29) is 31.0 Å². The Kier molecular flexibility index (Phi) is 7.85. The second kappa shape index (κ2) is 11.4. The Balaban J connectivity index is 1.49. The number of carbonyl (C=O) groups excluding carboxylic acids is 3. The molecule has 3 aromatic carbocycles. The van der Waals surface area contributed by atoms with Gasteiger partial charge in [-0.15, -0.1) is 0 Å². The largest absolute Gasteiger partial charge is 0.550 e. The molecule has 8 nitrogen and oxygen atoms in total. The summed E-state index contributed by atoms with van der Waals surface area (Å²) in [5.41, 5.74) is 2.90. The Morgan fingerprint density at radius 3 is 2.42 bits per heavy atom. The van der Waals surface area contributed by atoms with E-state index in [1.54, 1.807) is 31.4 Å². The number of benzene rings is 3. The van der Waals surface area contributed by atoms with Gasteiger partial charge in [0.25, 0.3) is 0 Å². The third-order valence-corrected chi connectivity index (χ3v) is 6.29. The first kappa shape index (κ1) is 24.8.